The van der Waals surface area contributed by atoms with Gasteiger partial charge in [-0.25, -0.2) is 0 Å². The number of amides is 2. The number of carbonyl (C=O) groups excluding carboxylic acids is 2. The molecule has 3 rings (SSSR count). The van der Waals surface area contributed by atoms with Crippen LogP contribution in [-0.4, -0.2) is 24.5 Å². The predicted octanol–water partition coefficient (Wildman–Crippen LogP) is 4.88. The molecule has 0 aromatic heterocycles. The highest BCUT2D eigenvalue weighted by molar-refractivity contribution is 6.36. The van der Waals surface area contributed by atoms with Gasteiger partial charge in [0.05, 0.1) is 17.3 Å². The van der Waals surface area contributed by atoms with E-state index in [1.165, 1.54) is 0 Å². The Balaban J connectivity index is 1.63. The number of carbonyl (C=O) groups is 2. The van der Waals surface area contributed by atoms with E-state index in [2.05, 4.69) is 10.6 Å². The average Bonchev–Trinajstić information content (AvgIpc) is 2.76. The van der Waals surface area contributed by atoms with Crippen LogP contribution >= 0.6 is 23.2 Å². The zero-order valence-corrected chi connectivity index (χ0v) is 18.2. The number of hydrogen-bond donors (Lipinski definition) is 2. The summed E-state index contributed by atoms with van der Waals surface area (Å²) in [5.74, 6) is -0.765. The van der Waals surface area contributed by atoms with Gasteiger partial charge in [0.1, 0.15) is 12.6 Å². The Bertz CT molecular complexity index is 1010. The minimum Gasteiger partial charge on any atom is -0.367 e. The highest BCUT2D eigenvalue weighted by atomic mass is 35.5. The maximum atomic E-state index is 12.9. The van der Waals surface area contributed by atoms with Gasteiger partial charge >= 0.3 is 0 Å². The van der Waals surface area contributed by atoms with Crippen LogP contribution in [0.4, 0.5) is 5.69 Å². The van der Waals surface area contributed by atoms with Crippen molar-refractivity contribution in [3.63, 3.8) is 0 Å². The van der Waals surface area contributed by atoms with Crippen molar-refractivity contribution in [1.29, 1.82) is 0 Å². The maximum Gasteiger partial charge on any atom is 0.247 e. The van der Waals surface area contributed by atoms with Crippen LogP contribution in [0.2, 0.25) is 10.0 Å². The summed E-state index contributed by atoms with van der Waals surface area (Å²) in [5, 5.41) is 6.30. The highest BCUT2D eigenvalue weighted by Gasteiger charge is 2.22. The van der Waals surface area contributed by atoms with Gasteiger partial charge in [0.25, 0.3) is 0 Å². The minimum atomic E-state index is -0.804. The summed E-state index contributed by atoms with van der Waals surface area (Å²) >= 11 is 12.1. The molecule has 0 heterocycles. The topological polar surface area (TPSA) is 67.4 Å². The zero-order valence-electron chi connectivity index (χ0n) is 16.7. The maximum absolute atomic E-state index is 12.9. The number of rotatable bonds is 9. The van der Waals surface area contributed by atoms with Gasteiger partial charge in [-0.3, -0.25) is 9.59 Å². The first kappa shape index (κ1) is 22.8. The van der Waals surface area contributed by atoms with Crippen LogP contribution in [0, 0.1) is 0 Å². The Morgan fingerprint density at radius 3 is 2.16 bits per heavy atom. The van der Waals surface area contributed by atoms with Crippen LogP contribution in [0.1, 0.15) is 11.1 Å². The fourth-order valence-electron chi connectivity index (χ4n) is 2.94. The molecule has 0 saturated carbocycles. The first-order chi connectivity index (χ1) is 15.0. The lowest BCUT2D eigenvalue weighted by Gasteiger charge is -2.19. The zero-order chi connectivity index (χ0) is 22.1. The highest BCUT2D eigenvalue weighted by Crippen LogP contribution is 2.25. The lowest BCUT2D eigenvalue weighted by Crippen LogP contribution is -2.46. The average molecular weight is 457 g/mol. The Labute approximate surface area is 191 Å². The van der Waals surface area contributed by atoms with Gasteiger partial charge < -0.3 is 15.4 Å². The van der Waals surface area contributed by atoms with E-state index in [0.29, 0.717) is 28.8 Å². The monoisotopic (exact) mass is 456 g/mol. The molecule has 3 aromatic rings. The first-order valence-corrected chi connectivity index (χ1v) is 10.5. The van der Waals surface area contributed by atoms with Crippen molar-refractivity contribution in [2.75, 3.05) is 11.9 Å². The van der Waals surface area contributed by atoms with Crippen molar-refractivity contribution in [2.45, 2.75) is 19.1 Å². The van der Waals surface area contributed by atoms with E-state index < -0.39 is 6.04 Å². The van der Waals surface area contributed by atoms with E-state index in [0.717, 1.165) is 11.1 Å². The molecular formula is C24H22Cl2N2O3. The molecular weight excluding hydrogens is 435 g/mol. The van der Waals surface area contributed by atoms with Crippen molar-refractivity contribution in [1.82, 2.24) is 5.32 Å². The Morgan fingerprint density at radius 2 is 1.52 bits per heavy atom. The number of ether oxygens (including phenoxy) is 1. The molecule has 0 saturated heterocycles. The normalized spacial score (nSPS) is 11.5. The number of benzene rings is 3. The molecule has 1 unspecified atom stereocenters. The lowest BCUT2D eigenvalue weighted by atomic mass is 10.0. The van der Waals surface area contributed by atoms with Gasteiger partial charge in [-0.05, 0) is 29.3 Å². The molecule has 5 nitrogen and oxygen atoms in total. The number of nitrogens with one attached hydrogen (secondary N) is 2. The summed E-state index contributed by atoms with van der Waals surface area (Å²) in [6, 6.07) is 23.0. The summed E-state index contributed by atoms with van der Waals surface area (Å²) in [5.41, 5.74) is 2.30. The van der Waals surface area contributed by atoms with Crippen LogP contribution in [0.15, 0.2) is 78.9 Å². The standard InChI is InChI=1S/C24H22Cl2N2O3/c25-19-11-12-21(20(26)14-19)28-24(30)22(13-17-7-3-1-4-8-17)27-23(29)16-31-15-18-9-5-2-6-10-18/h1-12,14,22H,13,15-16H2,(H,27,29)(H,28,30). The first-order valence-electron chi connectivity index (χ1n) is 9.72. The van der Waals surface area contributed by atoms with Crippen LogP contribution < -0.4 is 10.6 Å². The van der Waals surface area contributed by atoms with E-state index >= 15 is 0 Å². The van der Waals surface area contributed by atoms with Gasteiger partial charge in [0.15, 0.2) is 0 Å². The van der Waals surface area contributed by atoms with Crippen LogP contribution in [0.25, 0.3) is 0 Å². The van der Waals surface area contributed by atoms with Crippen molar-refractivity contribution in [3.05, 3.63) is 100 Å². The van der Waals surface area contributed by atoms with Crippen molar-refractivity contribution < 1.29 is 14.3 Å². The van der Waals surface area contributed by atoms with E-state index in [9.17, 15) is 9.59 Å². The molecule has 7 heteroatoms. The third-order valence-electron chi connectivity index (χ3n) is 4.47. The Kier molecular flexibility index (Phi) is 8.47. The smallest absolute Gasteiger partial charge is 0.247 e. The van der Waals surface area contributed by atoms with E-state index in [4.69, 9.17) is 27.9 Å². The fourth-order valence-corrected chi connectivity index (χ4v) is 3.40. The summed E-state index contributed by atoms with van der Waals surface area (Å²) in [4.78, 5) is 25.4. The van der Waals surface area contributed by atoms with Crippen molar-refractivity contribution in [3.8, 4) is 0 Å². The second kappa shape index (κ2) is 11.5. The number of hydrogen-bond acceptors (Lipinski definition) is 3. The van der Waals surface area contributed by atoms with Crippen LogP contribution in [0.5, 0.6) is 0 Å². The molecule has 2 N–H and O–H groups in total. The molecule has 0 spiro atoms. The quantitative estimate of drug-likeness (QED) is 0.482. The lowest BCUT2D eigenvalue weighted by molar-refractivity contribution is -0.130. The van der Waals surface area contributed by atoms with Crippen molar-refractivity contribution >= 4 is 40.7 Å². The molecule has 0 bridgehead atoms. The van der Waals surface area contributed by atoms with Gasteiger partial charge in [-0.2, -0.15) is 0 Å². The van der Waals surface area contributed by atoms with Crippen LogP contribution in [-0.2, 0) is 27.4 Å². The molecule has 0 aliphatic heterocycles. The summed E-state index contributed by atoms with van der Waals surface area (Å²) in [6.07, 6.45) is 0.322. The van der Waals surface area contributed by atoms with Gasteiger partial charge in [-0.1, -0.05) is 83.9 Å². The summed E-state index contributed by atoms with van der Waals surface area (Å²) < 4.78 is 5.48. The molecule has 1 atom stereocenters. The molecule has 3 aromatic carbocycles. The molecule has 0 aliphatic rings. The molecule has 31 heavy (non-hydrogen) atoms. The summed E-state index contributed by atoms with van der Waals surface area (Å²) in [6.45, 7) is 0.152. The fraction of sp³-hybridized carbons (Fsp3) is 0.167. The molecule has 0 radical (unpaired) electrons. The summed E-state index contributed by atoms with van der Waals surface area (Å²) in [7, 11) is 0. The van der Waals surface area contributed by atoms with E-state index in [1.54, 1.807) is 18.2 Å². The largest absolute Gasteiger partial charge is 0.367 e. The van der Waals surface area contributed by atoms with Gasteiger partial charge in [0, 0.05) is 11.4 Å². The van der Waals surface area contributed by atoms with Gasteiger partial charge in [0.2, 0.25) is 11.8 Å². The molecule has 2 amide bonds. The predicted molar refractivity (Wildman–Crippen MR) is 123 cm³/mol. The molecule has 160 valence electrons. The second-order valence-electron chi connectivity index (χ2n) is 6.90. The van der Waals surface area contributed by atoms with Crippen LogP contribution in [0.3, 0.4) is 0 Å². The third kappa shape index (κ3) is 7.40. The minimum absolute atomic E-state index is 0.158. The molecule has 0 aliphatic carbocycles. The second-order valence-corrected chi connectivity index (χ2v) is 7.75. The van der Waals surface area contributed by atoms with Crippen molar-refractivity contribution in [2.24, 2.45) is 0 Å². The number of halogens is 2. The Morgan fingerprint density at radius 1 is 0.871 bits per heavy atom. The number of anilines is 1. The Hall–Kier alpha value is -2.86. The van der Waals surface area contributed by atoms with E-state index in [1.807, 2.05) is 60.7 Å². The molecule has 0 fully saturated rings. The third-order valence-corrected chi connectivity index (χ3v) is 5.02. The van der Waals surface area contributed by atoms with Gasteiger partial charge in [-0.15, -0.1) is 0 Å². The van der Waals surface area contributed by atoms with E-state index in [-0.39, 0.29) is 18.4 Å². The SMILES string of the molecule is O=C(COCc1ccccc1)NC(Cc1ccccc1)C(=O)Nc1ccc(Cl)cc1Cl.